The van der Waals surface area contributed by atoms with Gasteiger partial charge in [-0.05, 0) is 26.2 Å². The van der Waals surface area contributed by atoms with E-state index in [-0.39, 0.29) is 35.5 Å². The fourth-order valence-electron chi connectivity index (χ4n) is 4.28. The lowest BCUT2D eigenvalue weighted by atomic mass is 9.48. The summed E-state index contributed by atoms with van der Waals surface area (Å²) in [6.45, 7) is 7.57. The number of ether oxygens (including phenoxy) is 2. The molecule has 2 aliphatic heterocycles. The number of nitrogens with one attached hydrogen (secondary N) is 1. The first-order valence-electron chi connectivity index (χ1n) is 7.70. The van der Waals surface area contributed by atoms with E-state index in [1.54, 1.807) is 0 Å². The predicted molar refractivity (Wildman–Crippen MR) is 75.1 cm³/mol. The molecule has 5 atom stereocenters. The van der Waals surface area contributed by atoms with Gasteiger partial charge in [-0.1, -0.05) is 13.8 Å². The van der Waals surface area contributed by atoms with Crippen LogP contribution in [0.3, 0.4) is 0 Å². The zero-order valence-electron chi connectivity index (χ0n) is 12.6. The summed E-state index contributed by atoms with van der Waals surface area (Å²) in [4.78, 5) is 12.7. The van der Waals surface area contributed by atoms with Gasteiger partial charge in [0, 0.05) is 30.6 Å². The van der Waals surface area contributed by atoms with E-state index in [0.29, 0.717) is 6.61 Å². The van der Waals surface area contributed by atoms with Gasteiger partial charge in [0.25, 0.3) is 0 Å². The summed E-state index contributed by atoms with van der Waals surface area (Å²) in [6, 6.07) is 0.184. The molecular formula is C15H26N2O3. The molecule has 5 unspecified atom stereocenters. The molecule has 114 valence electrons. The zero-order chi connectivity index (χ0) is 14.5. The van der Waals surface area contributed by atoms with Gasteiger partial charge >= 0.3 is 0 Å². The fraction of sp³-hybridized carbons (Fsp3) is 0.933. The molecule has 3 N–H and O–H groups in total. The Labute approximate surface area is 120 Å². The lowest BCUT2D eigenvalue weighted by molar-refractivity contribution is -0.176. The van der Waals surface area contributed by atoms with Crippen LogP contribution >= 0.6 is 0 Å². The molecule has 1 aliphatic carbocycles. The highest BCUT2D eigenvalue weighted by Gasteiger charge is 2.71. The van der Waals surface area contributed by atoms with Crippen molar-refractivity contribution in [2.75, 3.05) is 13.2 Å². The van der Waals surface area contributed by atoms with Crippen LogP contribution in [0, 0.1) is 11.3 Å². The van der Waals surface area contributed by atoms with E-state index in [9.17, 15) is 4.79 Å². The van der Waals surface area contributed by atoms with Gasteiger partial charge in [-0.3, -0.25) is 4.79 Å². The topological polar surface area (TPSA) is 73.6 Å². The number of fused-ring (bicyclic) bond motifs is 1. The van der Waals surface area contributed by atoms with Crippen LogP contribution in [0.4, 0.5) is 0 Å². The molecule has 3 aliphatic rings. The Morgan fingerprint density at radius 2 is 1.95 bits per heavy atom. The summed E-state index contributed by atoms with van der Waals surface area (Å²) in [5.41, 5.74) is 5.45. The SMILES string of the molecule is CC1CC(NC(=O)C2(N)C3CCOC3C2(C)C)CCO1. The minimum atomic E-state index is -0.796. The van der Waals surface area contributed by atoms with Crippen molar-refractivity contribution in [1.29, 1.82) is 0 Å². The van der Waals surface area contributed by atoms with Crippen molar-refractivity contribution in [3.05, 3.63) is 0 Å². The van der Waals surface area contributed by atoms with E-state index < -0.39 is 5.54 Å². The quantitative estimate of drug-likeness (QED) is 0.786. The molecular weight excluding hydrogens is 256 g/mol. The second-order valence-electron chi connectivity index (χ2n) is 7.15. The molecule has 1 amide bonds. The molecule has 5 nitrogen and oxygen atoms in total. The van der Waals surface area contributed by atoms with E-state index in [1.807, 2.05) is 20.8 Å². The van der Waals surface area contributed by atoms with Crippen LogP contribution in [0.1, 0.15) is 40.0 Å². The summed E-state index contributed by atoms with van der Waals surface area (Å²) >= 11 is 0. The number of hydrogen-bond donors (Lipinski definition) is 2. The van der Waals surface area contributed by atoms with Gasteiger partial charge in [-0.25, -0.2) is 0 Å². The number of amides is 1. The molecule has 0 bridgehead atoms. The van der Waals surface area contributed by atoms with Crippen molar-refractivity contribution in [3.8, 4) is 0 Å². The maximum Gasteiger partial charge on any atom is 0.241 e. The first-order valence-corrected chi connectivity index (χ1v) is 7.70. The van der Waals surface area contributed by atoms with Crippen LogP contribution < -0.4 is 11.1 Å². The average Bonchev–Trinajstić information content (AvgIpc) is 2.85. The van der Waals surface area contributed by atoms with Crippen LogP contribution in [0.25, 0.3) is 0 Å². The Morgan fingerprint density at radius 1 is 1.25 bits per heavy atom. The van der Waals surface area contributed by atoms with Crippen LogP contribution in [-0.4, -0.2) is 42.9 Å². The number of carbonyl (C=O) groups excluding carboxylic acids is 1. The van der Waals surface area contributed by atoms with Gasteiger partial charge in [-0.15, -0.1) is 0 Å². The van der Waals surface area contributed by atoms with Gasteiger partial charge in [-0.2, -0.15) is 0 Å². The Hall–Kier alpha value is -0.650. The van der Waals surface area contributed by atoms with Gasteiger partial charge in [0.05, 0.1) is 12.2 Å². The van der Waals surface area contributed by atoms with Crippen molar-refractivity contribution in [3.63, 3.8) is 0 Å². The Morgan fingerprint density at radius 3 is 2.65 bits per heavy atom. The van der Waals surface area contributed by atoms with Crippen LogP contribution in [-0.2, 0) is 14.3 Å². The molecule has 1 saturated carbocycles. The van der Waals surface area contributed by atoms with Crippen LogP contribution in [0.5, 0.6) is 0 Å². The minimum Gasteiger partial charge on any atom is -0.378 e. The van der Waals surface area contributed by atoms with E-state index in [0.717, 1.165) is 25.9 Å². The molecule has 3 rings (SSSR count). The molecule has 0 aromatic carbocycles. The second-order valence-corrected chi connectivity index (χ2v) is 7.15. The zero-order valence-corrected chi connectivity index (χ0v) is 12.6. The van der Waals surface area contributed by atoms with E-state index in [2.05, 4.69) is 5.32 Å². The van der Waals surface area contributed by atoms with Crippen molar-refractivity contribution in [2.45, 2.75) is 63.8 Å². The molecule has 2 saturated heterocycles. The minimum absolute atomic E-state index is 0.00616. The molecule has 3 fully saturated rings. The summed E-state index contributed by atoms with van der Waals surface area (Å²) in [5, 5.41) is 3.16. The highest BCUT2D eigenvalue weighted by atomic mass is 16.5. The van der Waals surface area contributed by atoms with Gasteiger partial charge in [0.1, 0.15) is 5.54 Å². The first-order chi connectivity index (χ1) is 9.37. The van der Waals surface area contributed by atoms with Crippen molar-refractivity contribution in [1.82, 2.24) is 5.32 Å². The summed E-state index contributed by atoms with van der Waals surface area (Å²) < 4.78 is 11.3. The molecule has 5 heteroatoms. The normalized spacial score (nSPS) is 46.4. The maximum absolute atomic E-state index is 12.7. The summed E-state index contributed by atoms with van der Waals surface area (Å²) in [5.74, 6) is 0.156. The molecule has 2 heterocycles. The molecule has 20 heavy (non-hydrogen) atoms. The van der Waals surface area contributed by atoms with E-state index in [1.165, 1.54) is 0 Å². The lowest BCUT2D eigenvalue weighted by Crippen LogP contribution is -2.80. The third kappa shape index (κ3) is 1.83. The van der Waals surface area contributed by atoms with Crippen molar-refractivity contribution >= 4 is 5.91 Å². The number of carbonyl (C=O) groups is 1. The van der Waals surface area contributed by atoms with Crippen LogP contribution in [0.15, 0.2) is 0 Å². The molecule has 0 aromatic heterocycles. The van der Waals surface area contributed by atoms with Gasteiger partial charge in [0.2, 0.25) is 5.91 Å². The highest BCUT2D eigenvalue weighted by molar-refractivity contribution is 5.89. The lowest BCUT2D eigenvalue weighted by Gasteiger charge is -2.61. The Kier molecular flexibility index (Phi) is 3.35. The van der Waals surface area contributed by atoms with E-state index >= 15 is 0 Å². The second kappa shape index (κ2) is 4.68. The van der Waals surface area contributed by atoms with Crippen molar-refractivity contribution < 1.29 is 14.3 Å². The van der Waals surface area contributed by atoms with Gasteiger partial charge < -0.3 is 20.5 Å². The molecule has 0 aromatic rings. The first kappa shape index (κ1) is 14.3. The molecule has 0 radical (unpaired) electrons. The molecule has 0 spiro atoms. The monoisotopic (exact) mass is 282 g/mol. The summed E-state index contributed by atoms with van der Waals surface area (Å²) in [7, 11) is 0. The fourth-order valence-corrected chi connectivity index (χ4v) is 4.28. The van der Waals surface area contributed by atoms with E-state index in [4.69, 9.17) is 15.2 Å². The Balaban J connectivity index is 1.70. The largest absolute Gasteiger partial charge is 0.378 e. The number of rotatable bonds is 2. The Bertz CT molecular complexity index is 412. The number of nitrogens with two attached hydrogens (primary N) is 1. The average molecular weight is 282 g/mol. The smallest absolute Gasteiger partial charge is 0.241 e. The van der Waals surface area contributed by atoms with Crippen molar-refractivity contribution in [2.24, 2.45) is 17.1 Å². The van der Waals surface area contributed by atoms with Gasteiger partial charge in [0.15, 0.2) is 0 Å². The van der Waals surface area contributed by atoms with Crippen LogP contribution in [0.2, 0.25) is 0 Å². The third-order valence-electron chi connectivity index (χ3n) is 5.65. The third-order valence-corrected chi connectivity index (χ3v) is 5.65. The number of hydrogen-bond acceptors (Lipinski definition) is 4. The predicted octanol–water partition coefficient (Wildman–Crippen LogP) is 0.813. The standard InChI is InChI=1S/C15H26N2O3/c1-9-8-10(4-6-19-9)17-13(18)15(16)11-5-7-20-12(11)14(15,2)3/h9-12H,4-8,16H2,1-3H3,(H,17,18). The maximum atomic E-state index is 12.7. The summed E-state index contributed by atoms with van der Waals surface area (Å²) in [6.07, 6.45) is 2.97. The highest BCUT2D eigenvalue weighted by Crippen LogP contribution is 2.58.